The molecule has 0 aromatic heterocycles. The standard InChI is InChI=1S/C21H31N3O3/c1-3-16-5-10-21(24(25)26)20(15-16)22-17-11-13-23(14-12-17)18-6-8-19(9-7-18)27-4-2/h3,5,10,15,17-19,22H,1,4,6-9,11-14H2,2H3. The van der Waals surface area contributed by atoms with E-state index in [0.717, 1.165) is 50.9 Å². The van der Waals surface area contributed by atoms with Crippen molar-refractivity contribution in [3.8, 4) is 0 Å². The normalized spacial score (nSPS) is 24.5. The third-order valence-electron chi connectivity index (χ3n) is 5.90. The molecule has 27 heavy (non-hydrogen) atoms. The van der Waals surface area contributed by atoms with Crippen LogP contribution in [-0.2, 0) is 4.74 Å². The van der Waals surface area contributed by atoms with Crippen LogP contribution in [0.25, 0.3) is 6.08 Å². The molecular weight excluding hydrogens is 342 g/mol. The van der Waals surface area contributed by atoms with E-state index in [4.69, 9.17) is 4.74 Å². The van der Waals surface area contributed by atoms with Gasteiger partial charge in [-0.2, -0.15) is 0 Å². The molecule has 1 aliphatic heterocycles. The summed E-state index contributed by atoms with van der Waals surface area (Å²) in [5, 5.41) is 14.7. The molecule has 3 rings (SSSR count). The largest absolute Gasteiger partial charge is 0.379 e. The lowest BCUT2D eigenvalue weighted by Crippen LogP contribution is -2.46. The molecule has 0 atom stereocenters. The van der Waals surface area contributed by atoms with E-state index < -0.39 is 0 Å². The highest BCUT2D eigenvalue weighted by Crippen LogP contribution is 2.30. The predicted molar refractivity (Wildman–Crippen MR) is 109 cm³/mol. The first kappa shape index (κ1) is 19.8. The molecule has 1 saturated heterocycles. The summed E-state index contributed by atoms with van der Waals surface area (Å²) in [5.41, 5.74) is 1.64. The zero-order chi connectivity index (χ0) is 19.2. The van der Waals surface area contributed by atoms with E-state index in [9.17, 15) is 10.1 Å². The number of nitrogens with zero attached hydrogens (tertiary/aromatic N) is 2. The summed E-state index contributed by atoms with van der Waals surface area (Å²) in [6.45, 7) is 8.74. The number of nitro groups is 1. The first-order chi connectivity index (χ1) is 13.1. The van der Waals surface area contributed by atoms with Gasteiger partial charge in [-0.1, -0.05) is 12.7 Å². The molecule has 2 aliphatic rings. The molecule has 2 fully saturated rings. The Kier molecular flexibility index (Phi) is 6.85. The average molecular weight is 373 g/mol. The summed E-state index contributed by atoms with van der Waals surface area (Å²) in [4.78, 5) is 13.6. The van der Waals surface area contributed by atoms with Gasteiger partial charge in [0.2, 0.25) is 0 Å². The quantitative estimate of drug-likeness (QED) is 0.564. The van der Waals surface area contributed by atoms with Gasteiger partial charge in [0.05, 0.1) is 11.0 Å². The Labute approximate surface area is 161 Å². The highest BCUT2D eigenvalue weighted by molar-refractivity contribution is 5.67. The Hall–Kier alpha value is -1.92. The van der Waals surface area contributed by atoms with Crippen molar-refractivity contribution in [3.63, 3.8) is 0 Å². The molecule has 0 spiro atoms. The van der Waals surface area contributed by atoms with Gasteiger partial charge in [0.15, 0.2) is 0 Å². The first-order valence-electron chi connectivity index (χ1n) is 10.1. The van der Waals surface area contributed by atoms with E-state index in [1.165, 1.54) is 12.8 Å². The van der Waals surface area contributed by atoms with Crippen LogP contribution in [0.3, 0.4) is 0 Å². The third kappa shape index (κ3) is 5.08. The zero-order valence-electron chi connectivity index (χ0n) is 16.2. The molecule has 1 aromatic rings. The lowest BCUT2D eigenvalue weighted by molar-refractivity contribution is -0.384. The molecule has 0 unspecified atom stereocenters. The van der Waals surface area contributed by atoms with Crippen molar-refractivity contribution in [2.24, 2.45) is 0 Å². The molecule has 0 bridgehead atoms. The summed E-state index contributed by atoms with van der Waals surface area (Å²) >= 11 is 0. The molecule has 6 heteroatoms. The second-order valence-electron chi connectivity index (χ2n) is 7.58. The Morgan fingerprint density at radius 1 is 1.26 bits per heavy atom. The van der Waals surface area contributed by atoms with Gasteiger partial charge in [-0.15, -0.1) is 0 Å². The number of hydrogen-bond donors (Lipinski definition) is 1. The topological polar surface area (TPSA) is 67.6 Å². The molecule has 6 nitrogen and oxygen atoms in total. The van der Waals surface area contributed by atoms with Crippen molar-refractivity contribution in [2.75, 3.05) is 25.0 Å². The van der Waals surface area contributed by atoms with Crippen molar-refractivity contribution in [1.29, 1.82) is 0 Å². The summed E-state index contributed by atoms with van der Waals surface area (Å²) in [7, 11) is 0. The number of ether oxygens (including phenoxy) is 1. The van der Waals surface area contributed by atoms with Crippen LogP contribution >= 0.6 is 0 Å². The van der Waals surface area contributed by atoms with Crippen LogP contribution in [0.15, 0.2) is 24.8 Å². The van der Waals surface area contributed by atoms with Crippen molar-refractivity contribution in [2.45, 2.75) is 63.6 Å². The first-order valence-corrected chi connectivity index (χ1v) is 10.1. The van der Waals surface area contributed by atoms with E-state index >= 15 is 0 Å². The van der Waals surface area contributed by atoms with Gasteiger partial charge in [-0.05, 0) is 63.1 Å². The molecule has 0 radical (unpaired) electrons. The maximum atomic E-state index is 11.3. The lowest BCUT2D eigenvalue weighted by atomic mass is 9.90. The van der Waals surface area contributed by atoms with Gasteiger partial charge in [0.25, 0.3) is 5.69 Å². The number of nitro benzene ring substituents is 1. The second kappa shape index (κ2) is 9.33. The van der Waals surface area contributed by atoms with Crippen LogP contribution in [0.4, 0.5) is 11.4 Å². The molecule has 1 aromatic carbocycles. The Bertz CT molecular complexity index is 648. The molecule has 1 aliphatic carbocycles. The molecule has 1 N–H and O–H groups in total. The van der Waals surface area contributed by atoms with Gasteiger partial charge in [0, 0.05) is 37.8 Å². The van der Waals surface area contributed by atoms with Crippen LogP contribution in [0, 0.1) is 10.1 Å². The molecule has 148 valence electrons. The highest BCUT2D eigenvalue weighted by atomic mass is 16.6. The van der Waals surface area contributed by atoms with Crippen LogP contribution < -0.4 is 5.32 Å². The summed E-state index contributed by atoms with van der Waals surface area (Å²) in [6, 6.07) is 6.07. The maximum Gasteiger partial charge on any atom is 0.292 e. The SMILES string of the molecule is C=Cc1ccc([N+](=O)[O-])c(NC2CCN(C3CCC(OCC)CC3)CC2)c1. The van der Waals surface area contributed by atoms with Crippen LogP contribution in [-0.4, -0.2) is 47.7 Å². The van der Waals surface area contributed by atoms with E-state index in [1.807, 2.05) is 6.07 Å². The van der Waals surface area contributed by atoms with Gasteiger partial charge in [-0.3, -0.25) is 10.1 Å². The number of nitrogens with one attached hydrogen (secondary N) is 1. The fourth-order valence-electron chi connectivity index (χ4n) is 4.40. The van der Waals surface area contributed by atoms with Gasteiger partial charge < -0.3 is 15.0 Å². The maximum absolute atomic E-state index is 11.3. The van der Waals surface area contributed by atoms with Gasteiger partial charge >= 0.3 is 0 Å². The smallest absolute Gasteiger partial charge is 0.292 e. The van der Waals surface area contributed by atoms with Crippen LogP contribution in [0.5, 0.6) is 0 Å². The Morgan fingerprint density at radius 3 is 2.56 bits per heavy atom. The Balaban J connectivity index is 1.53. The van der Waals surface area contributed by atoms with Crippen molar-refractivity contribution < 1.29 is 9.66 Å². The van der Waals surface area contributed by atoms with E-state index in [0.29, 0.717) is 17.8 Å². The average Bonchev–Trinajstić information content (AvgIpc) is 2.69. The molecule has 0 amide bonds. The molecule has 1 heterocycles. The number of anilines is 1. The number of likely N-dealkylation sites (tertiary alicyclic amines) is 1. The van der Waals surface area contributed by atoms with Crippen molar-refractivity contribution >= 4 is 17.5 Å². The lowest BCUT2D eigenvalue weighted by Gasteiger charge is -2.41. The predicted octanol–water partition coefficient (Wildman–Crippen LogP) is 4.46. The Morgan fingerprint density at radius 2 is 1.96 bits per heavy atom. The second-order valence-corrected chi connectivity index (χ2v) is 7.58. The summed E-state index contributed by atoms with van der Waals surface area (Å²) in [6.07, 6.45) is 8.96. The number of piperidine rings is 1. The molecule has 1 saturated carbocycles. The zero-order valence-corrected chi connectivity index (χ0v) is 16.2. The molecular formula is C21H31N3O3. The number of rotatable bonds is 7. The minimum Gasteiger partial charge on any atom is -0.379 e. The van der Waals surface area contributed by atoms with Gasteiger partial charge in [0.1, 0.15) is 5.69 Å². The van der Waals surface area contributed by atoms with E-state index in [2.05, 4.69) is 23.7 Å². The van der Waals surface area contributed by atoms with Crippen LogP contribution in [0.2, 0.25) is 0 Å². The fraction of sp³-hybridized carbons (Fsp3) is 0.619. The van der Waals surface area contributed by atoms with Crippen molar-refractivity contribution in [1.82, 2.24) is 4.90 Å². The van der Waals surface area contributed by atoms with Crippen LogP contribution in [0.1, 0.15) is 51.0 Å². The third-order valence-corrected chi connectivity index (χ3v) is 5.90. The van der Waals surface area contributed by atoms with Gasteiger partial charge in [-0.25, -0.2) is 0 Å². The summed E-state index contributed by atoms with van der Waals surface area (Å²) < 4.78 is 5.76. The minimum atomic E-state index is -0.318. The summed E-state index contributed by atoms with van der Waals surface area (Å²) in [5.74, 6) is 0. The monoisotopic (exact) mass is 373 g/mol. The number of benzene rings is 1. The number of hydrogen-bond acceptors (Lipinski definition) is 5. The minimum absolute atomic E-state index is 0.136. The fourth-order valence-corrected chi connectivity index (χ4v) is 4.40. The van der Waals surface area contributed by atoms with E-state index in [-0.39, 0.29) is 16.7 Å². The highest BCUT2D eigenvalue weighted by Gasteiger charge is 2.29. The van der Waals surface area contributed by atoms with Crippen molar-refractivity contribution in [3.05, 3.63) is 40.5 Å². The van der Waals surface area contributed by atoms with E-state index in [1.54, 1.807) is 18.2 Å².